The molecule has 0 bridgehead atoms. The smallest absolute Gasteiger partial charge is 0.243 e. The second-order valence-corrected chi connectivity index (χ2v) is 16.6. The van der Waals surface area contributed by atoms with Crippen LogP contribution >= 0.6 is 0 Å². The van der Waals surface area contributed by atoms with Crippen molar-refractivity contribution >= 4 is 23.2 Å². The van der Waals surface area contributed by atoms with Gasteiger partial charge in [-0.15, -0.1) is 0 Å². The number of piperidine rings is 2. The summed E-state index contributed by atoms with van der Waals surface area (Å²) in [5.41, 5.74) is 7.32. The van der Waals surface area contributed by atoms with Crippen molar-refractivity contribution in [3.63, 3.8) is 0 Å². The number of halogens is 2. The van der Waals surface area contributed by atoms with Crippen LogP contribution in [-0.2, 0) is 29.1 Å². The maximum Gasteiger partial charge on any atom is 0.243 e. The highest BCUT2D eigenvalue weighted by Crippen LogP contribution is 2.48. The number of phenols is 1. The van der Waals surface area contributed by atoms with Crippen molar-refractivity contribution in [3.05, 3.63) is 118 Å². The number of ether oxygens (including phenoxy) is 1. The van der Waals surface area contributed by atoms with E-state index < -0.39 is 11.6 Å². The number of aromatic hydroxyl groups is 1. The van der Waals surface area contributed by atoms with E-state index in [2.05, 4.69) is 44.3 Å². The van der Waals surface area contributed by atoms with Crippen molar-refractivity contribution in [2.75, 3.05) is 62.7 Å². The van der Waals surface area contributed by atoms with Gasteiger partial charge in [-0.1, -0.05) is 36.4 Å². The number of phenolic OH excluding ortho intramolecular Hbond substituents is 1. The number of anilines is 2. The summed E-state index contributed by atoms with van der Waals surface area (Å²) < 4.78 is 38.1. The number of nitrogens with zero attached hydrogens (tertiary/aromatic N) is 4. The first-order valence-electron chi connectivity index (χ1n) is 20.6. The van der Waals surface area contributed by atoms with Gasteiger partial charge < -0.3 is 19.6 Å². The zero-order chi connectivity index (χ0) is 39.2. The number of amides is 2. The summed E-state index contributed by atoms with van der Waals surface area (Å²) >= 11 is 0. The number of carbonyl (C=O) groups excluding carboxylic acids is 2. The van der Waals surface area contributed by atoms with Gasteiger partial charge in [0.1, 0.15) is 28.8 Å². The number of hydrogen-bond donors (Lipinski definition) is 2. The molecule has 0 aromatic heterocycles. The fourth-order valence-corrected chi connectivity index (χ4v) is 10.3. The van der Waals surface area contributed by atoms with Gasteiger partial charge in [0.15, 0.2) is 0 Å². The highest BCUT2D eigenvalue weighted by atomic mass is 19.1. The van der Waals surface area contributed by atoms with Crippen LogP contribution in [0.1, 0.15) is 77.3 Å². The summed E-state index contributed by atoms with van der Waals surface area (Å²) in [6.45, 7) is 7.11. The normalized spacial score (nSPS) is 23.3. The largest absolute Gasteiger partial charge is 0.508 e. The molecular weight excluding hydrogens is 725 g/mol. The third kappa shape index (κ3) is 7.47. The Bertz CT molecular complexity index is 2130. The van der Waals surface area contributed by atoms with Gasteiger partial charge in [-0.2, -0.15) is 0 Å². The minimum atomic E-state index is -0.510. The number of aryl methyl sites for hydroxylation is 1. The molecule has 1 aliphatic carbocycles. The van der Waals surface area contributed by atoms with Crippen molar-refractivity contribution in [2.24, 2.45) is 5.92 Å². The van der Waals surface area contributed by atoms with Crippen LogP contribution in [0, 0.1) is 17.6 Å². The summed E-state index contributed by atoms with van der Waals surface area (Å²) in [5, 5.41) is 12.7. The monoisotopic (exact) mass is 775 g/mol. The lowest BCUT2D eigenvalue weighted by Crippen LogP contribution is -2.50. The first kappa shape index (κ1) is 37.6. The maximum atomic E-state index is 16.1. The van der Waals surface area contributed by atoms with Crippen LogP contribution in [0.3, 0.4) is 0 Å². The van der Waals surface area contributed by atoms with E-state index in [1.165, 1.54) is 5.56 Å². The number of benzene rings is 4. The van der Waals surface area contributed by atoms with Gasteiger partial charge in [0.05, 0.1) is 13.2 Å². The second-order valence-electron chi connectivity index (χ2n) is 16.6. The molecule has 3 saturated heterocycles. The molecule has 0 spiro atoms. The molecule has 4 heterocycles. The molecule has 1 unspecified atom stereocenters. The molecule has 4 aromatic rings. The third-order valence-corrected chi connectivity index (χ3v) is 13.3. The molecule has 3 atom stereocenters. The number of hydrogen-bond acceptors (Lipinski definition) is 8. The van der Waals surface area contributed by atoms with E-state index in [1.807, 2.05) is 29.2 Å². The molecule has 0 saturated carbocycles. The van der Waals surface area contributed by atoms with Crippen molar-refractivity contribution in [1.29, 1.82) is 0 Å². The molecule has 57 heavy (non-hydrogen) atoms. The molecule has 298 valence electrons. The number of fused-ring (bicyclic) bond motifs is 2. The number of rotatable bonds is 8. The Morgan fingerprint density at radius 2 is 1.53 bits per heavy atom. The molecular formula is C46H51F2N5O4. The van der Waals surface area contributed by atoms with E-state index in [9.17, 15) is 14.7 Å². The highest BCUT2D eigenvalue weighted by Gasteiger charge is 2.37. The summed E-state index contributed by atoms with van der Waals surface area (Å²) in [6, 6.07) is 22.8. The van der Waals surface area contributed by atoms with Gasteiger partial charge in [0, 0.05) is 88.6 Å². The van der Waals surface area contributed by atoms with Crippen LogP contribution in [-0.4, -0.2) is 85.7 Å². The fourth-order valence-electron chi connectivity index (χ4n) is 10.3. The topological polar surface area (TPSA) is 88.6 Å². The van der Waals surface area contributed by atoms with Crippen LogP contribution < -0.4 is 19.9 Å². The highest BCUT2D eigenvalue weighted by molar-refractivity contribution is 6.00. The van der Waals surface area contributed by atoms with Gasteiger partial charge in [-0.25, -0.2) is 8.78 Å². The zero-order valence-corrected chi connectivity index (χ0v) is 32.6. The summed E-state index contributed by atoms with van der Waals surface area (Å²) in [6.07, 6.45) is 4.28. The molecule has 5 aliphatic rings. The predicted octanol–water partition coefficient (Wildman–Crippen LogP) is 6.70. The first-order chi connectivity index (χ1) is 27.7. The van der Waals surface area contributed by atoms with E-state index in [-0.39, 0.29) is 41.1 Å². The van der Waals surface area contributed by atoms with Crippen LogP contribution in [0.5, 0.6) is 11.5 Å². The van der Waals surface area contributed by atoms with Crippen molar-refractivity contribution < 1.29 is 28.2 Å². The lowest BCUT2D eigenvalue weighted by molar-refractivity contribution is -0.137. The molecule has 9 nitrogen and oxygen atoms in total. The number of methoxy groups -OCH3 is 1. The molecule has 4 aromatic carbocycles. The van der Waals surface area contributed by atoms with E-state index in [4.69, 9.17) is 4.74 Å². The zero-order valence-electron chi connectivity index (χ0n) is 32.6. The predicted molar refractivity (Wildman–Crippen MR) is 216 cm³/mol. The fraction of sp³-hybridized carbons (Fsp3) is 0.435. The van der Waals surface area contributed by atoms with Gasteiger partial charge in [-0.05, 0) is 102 Å². The van der Waals surface area contributed by atoms with E-state index >= 15 is 8.78 Å². The van der Waals surface area contributed by atoms with Crippen molar-refractivity contribution in [3.8, 4) is 11.5 Å². The Kier molecular flexibility index (Phi) is 10.4. The summed E-state index contributed by atoms with van der Waals surface area (Å²) in [5.74, 6) is -0.0791. The average molecular weight is 776 g/mol. The summed E-state index contributed by atoms with van der Waals surface area (Å²) in [7, 11) is 1.70. The molecule has 9 rings (SSSR count). The second kappa shape index (κ2) is 15.7. The molecule has 2 amide bonds. The Morgan fingerprint density at radius 3 is 2.25 bits per heavy atom. The van der Waals surface area contributed by atoms with Crippen LogP contribution in [0.4, 0.5) is 20.2 Å². The van der Waals surface area contributed by atoms with Gasteiger partial charge in [-0.3, -0.25) is 24.7 Å². The standard InChI is InChI=1S/C46H51F2N5O4/c1-57-42-25-34(21-33-27-53(28-38(33)42)41-11-12-43(55)49-46(41)56)51-19-17-50(18-20-51)26-29-13-15-52(16-14-29)45-39(47)23-32(24-40(45)48)44-36(30-5-3-2-4-6-30)9-7-31-22-35(54)8-10-37(31)44/h2-6,8,10,21-25,29,36,41,44,54H,7,9,11-20,26-28H2,1H3,(H,49,55,56)/t36-,41?,44+/m1/s1. The SMILES string of the molecule is COc1cc(N2CCN(CC3CCN(c4c(F)cc([C@@H]5c6ccc(O)cc6CC[C@@H]5c5ccccc5)cc4F)CC3)CC2)cc2c1CN(C1CCC(=O)NC1=O)C2. The number of piperazine rings is 1. The average Bonchev–Trinajstić information content (AvgIpc) is 3.65. The van der Waals surface area contributed by atoms with Gasteiger partial charge >= 0.3 is 0 Å². The summed E-state index contributed by atoms with van der Waals surface area (Å²) in [4.78, 5) is 33.3. The molecule has 2 N–H and O–H groups in total. The Hall–Kier alpha value is -5.00. The minimum absolute atomic E-state index is 0.0690. The quantitative estimate of drug-likeness (QED) is 0.192. The number of nitrogens with one attached hydrogen (secondary N) is 1. The van der Waals surface area contributed by atoms with Gasteiger partial charge in [0.25, 0.3) is 0 Å². The molecule has 4 aliphatic heterocycles. The van der Waals surface area contributed by atoms with Crippen LogP contribution in [0.2, 0.25) is 0 Å². The Morgan fingerprint density at radius 1 is 0.772 bits per heavy atom. The van der Waals surface area contributed by atoms with Crippen molar-refractivity contribution in [2.45, 2.75) is 69.5 Å². The van der Waals surface area contributed by atoms with E-state index in [0.717, 1.165) is 92.1 Å². The maximum absolute atomic E-state index is 16.1. The number of carbonyl (C=O) groups is 2. The van der Waals surface area contributed by atoms with Crippen LogP contribution in [0.25, 0.3) is 0 Å². The lowest BCUT2D eigenvalue weighted by Gasteiger charge is -2.40. The van der Waals surface area contributed by atoms with Crippen LogP contribution in [0.15, 0.2) is 72.8 Å². The number of imide groups is 1. The molecule has 3 fully saturated rings. The first-order valence-corrected chi connectivity index (χ1v) is 20.6. The molecule has 11 heteroatoms. The Balaban J connectivity index is 0.817. The van der Waals surface area contributed by atoms with E-state index in [1.54, 1.807) is 31.4 Å². The van der Waals surface area contributed by atoms with Crippen molar-refractivity contribution in [1.82, 2.24) is 15.1 Å². The van der Waals surface area contributed by atoms with Gasteiger partial charge in [0.2, 0.25) is 11.8 Å². The lowest BCUT2D eigenvalue weighted by atomic mass is 9.69. The van der Waals surface area contributed by atoms with E-state index in [0.29, 0.717) is 50.5 Å². The third-order valence-electron chi connectivity index (χ3n) is 13.3. The minimum Gasteiger partial charge on any atom is -0.508 e. The Labute approximate surface area is 333 Å². The molecule has 0 radical (unpaired) electrons.